The molecule has 0 amide bonds. The van der Waals surface area contributed by atoms with Gasteiger partial charge in [-0.15, -0.1) is 0 Å². The number of fused-ring (bicyclic) bond motifs is 1. The molecule has 1 aliphatic rings. The topological polar surface area (TPSA) is 85.2 Å². The highest BCUT2D eigenvalue weighted by Crippen LogP contribution is 2.34. The molecule has 1 heterocycles. The molecule has 6 heteroatoms. The highest BCUT2D eigenvalue weighted by molar-refractivity contribution is 5.69. The zero-order valence-electron chi connectivity index (χ0n) is 11.1. The van der Waals surface area contributed by atoms with Gasteiger partial charge in [-0.25, -0.2) is 0 Å². The van der Waals surface area contributed by atoms with Gasteiger partial charge in [-0.3, -0.25) is 4.79 Å². The van der Waals surface area contributed by atoms with Crippen LogP contribution in [0, 0.1) is 0 Å². The van der Waals surface area contributed by atoms with E-state index in [-0.39, 0.29) is 25.4 Å². The fourth-order valence-electron chi connectivity index (χ4n) is 1.81. The van der Waals surface area contributed by atoms with Crippen LogP contribution in [0.4, 0.5) is 0 Å². The number of ether oxygens (including phenoxy) is 3. The lowest BCUT2D eigenvalue weighted by Gasteiger charge is -2.21. The summed E-state index contributed by atoms with van der Waals surface area (Å²) in [6, 6.07) is 4.94. The van der Waals surface area contributed by atoms with Gasteiger partial charge in [0.2, 0.25) is 0 Å². The summed E-state index contributed by atoms with van der Waals surface area (Å²) in [5, 5.41) is 18.7. The second-order valence-electron chi connectivity index (χ2n) is 4.14. The number of carbonyl (C=O) groups is 1. The fraction of sp³-hybridized carbons (Fsp3) is 0.357. The molecule has 0 aliphatic carbocycles. The number of rotatable bonds is 6. The molecule has 0 aromatic heterocycles. The van der Waals surface area contributed by atoms with Crippen molar-refractivity contribution in [3.05, 3.63) is 29.5 Å². The van der Waals surface area contributed by atoms with E-state index < -0.39 is 5.97 Å². The van der Waals surface area contributed by atoms with Crippen molar-refractivity contribution in [3.8, 4) is 11.5 Å². The summed E-state index contributed by atoms with van der Waals surface area (Å²) in [6.45, 7) is 2.51. The molecule has 0 fully saturated rings. The maximum absolute atomic E-state index is 10.4. The molecule has 2 rings (SSSR count). The third-order valence-corrected chi connectivity index (χ3v) is 2.73. The third-order valence-electron chi connectivity index (χ3n) is 2.73. The van der Waals surface area contributed by atoms with Gasteiger partial charge in [0.05, 0.1) is 25.2 Å². The molecular weight excluding hydrogens is 264 g/mol. The highest BCUT2D eigenvalue weighted by atomic mass is 16.5. The first-order valence-corrected chi connectivity index (χ1v) is 6.28. The summed E-state index contributed by atoms with van der Waals surface area (Å²) in [4.78, 5) is 10.4. The Bertz CT molecular complexity index is 534. The minimum atomic E-state index is -0.923. The smallest absolute Gasteiger partial charge is 0.306 e. The quantitative estimate of drug-likeness (QED) is 0.831. The monoisotopic (exact) mass is 280 g/mol. The van der Waals surface area contributed by atoms with Crippen molar-refractivity contribution >= 4 is 11.7 Å². The van der Waals surface area contributed by atoms with E-state index in [1.165, 1.54) is 0 Å². The van der Waals surface area contributed by atoms with Gasteiger partial charge in [0.1, 0.15) is 18.1 Å². The molecule has 1 aromatic carbocycles. The molecular formula is C14H16O6. The first kappa shape index (κ1) is 14.0. The van der Waals surface area contributed by atoms with Crippen LogP contribution in [0.25, 0.3) is 5.76 Å². The van der Waals surface area contributed by atoms with Gasteiger partial charge < -0.3 is 24.4 Å². The molecule has 2 N–H and O–H groups in total. The average Bonchev–Trinajstić information content (AvgIpc) is 2.42. The van der Waals surface area contributed by atoms with Crippen molar-refractivity contribution in [2.75, 3.05) is 19.8 Å². The zero-order chi connectivity index (χ0) is 14.5. The molecule has 108 valence electrons. The van der Waals surface area contributed by atoms with Crippen LogP contribution in [0.15, 0.2) is 24.0 Å². The normalized spacial score (nSPS) is 13.4. The number of hydrogen-bond donors (Lipinski definition) is 2. The van der Waals surface area contributed by atoms with Crippen LogP contribution >= 0.6 is 0 Å². The van der Waals surface area contributed by atoms with Gasteiger partial charge in [-0.05, 0) is 25.1 Å². The maximum Gasteiger partial charge on any atom is 0.306 e. The fourth-order valence-corrected chi connectivity index (χ4v) is 1.81. The van der Waals surface area contributed by atoms with Gasteiger partial charge in [-0.2, -0.15) is 0 Å². The van der Waals surface area contributed by atoms with Gasteiger partial charge in [-0.1, -0.05) is 0 Å². The average molecular weight is 280 g/mol. The van der Waals surface area contributed by atoms with Crippen LogP contribution in [0.3, 0.4) is 0 Å². The Labute approximate surface area is 116 Å². The van der Waals surface area contributed by atoms with E-state index >= 15 is 0 Å². The lowest BCUT2D eigenvalue weighted by molar-refractivity contribution is -0.137. The minimum Gasteiger partial charge on any atom is -0.504 e. The maximum atomic E-state index is 10.4. The molecule has 0 saturated heterocycles. The van der Waals surface area contributed by atoms with E-state index in [4.69, 9.17) is 19.3 Å². The number of aliphatic hydroxyl groups is 1. The number of aliphatic carboxylic acids is 1. The van der Waals surface area contributed by atoms with Crippen molar-refractivity contribution in [2.24, 2.45) is 0 Å². The number of aliphatic hydroxyl groups excluding tert-OH is 1. The van der Waals surface area contributed by atoms with E-state index in [0.717, 1.165) is 0 Å². The Hall–Kier alpha value is -2.37. The van der Waals surface area contributed by atoms with Crippen molar-refractivity contribution < 1.29 is 29.2 Å². The second-order valence-corrected chi connectivity index (χ2v) is 4.14. The van der Waals surface area contributed by atoms with Crippen molar-refractivity contribution in [2.45, 2.75) is 13.3 Å². The standard InChI is InChI=1S/C14H16O6/c1-2-18-12-8-20-11-4-3-9(7-10(11)14(12)17)19-6-5-13(15)16/h3-4,7,17H,2,5-6,8H2,1H3,(H,15,16). The van der Waals surface area contributed by atoms with Gasteiger partial charge in [0.25, 0.3) is 0 Å². The van der Waals surface area contributed by atoms with Crippen LogP contribution in [-0.2, 0) is 9.53 Å². The summed E-state index contributed by atoms with van der Waals surface area (Å²) in [5.74, 6) is 0.488. The van der Waals surface area contributed by atoms with Crippen LogP contribution in [0.1, 0.15) is 18.9 Å². The predicted molar refractivity (Wildman–Crippen MR) is 70.9 cm³/mol. The number of carboxylic acids is 1. The molecule has 0 spiro atoms. The Morgan fingerprint density at radius 3 is 2.90 bits per heavy atom. The van der Waals surface area contributed by atoms with Crippen molar-refractivity contribution in [3.63, 3.8) is 0 Å². The molecule has 0 bridgehead atoms. The summed E-state index contributed by atoms with van der Waals surface area (Å²) in [7, 11) is 0. The second kappa shape index (κ2) is 6.18. The van der Waals surface area contributed by atoms with Crippen LogP contribution in [0.5, 0.6) is 11.5 Å². The summed E-state index contributed by atoms with van der Waals surface area (Å²) in [5.41, 5.74) is 0.479. The van der Waals surface area contributed by atoms with Crippen LogP contribution < -0.4 is 9.47 Å². The summed E-state index contributed by atoms with van der Waals surface area (Å²) < 4.78 is 16.1. The summed E-state index contributed by atoms with van der Waals surface area (Å²) >= 11 is 0. The van der Waals surface area contributed by atoms with E-state index in [0.29, 0.717) is 29.4 Å². The Kier molecular flexibility index (Phi) is 4.34. The lowest BCUT2D eigenvalue weighted by Crippen LogP contribution is -2.14. The van der Waals surface area contributed by atoms with Gasteiger partial charge >= 0.3 is 5.97 Å². The molecule has 1 aromatic rings. The molecule has 1 aliphatic heterocycles. The molecule has 20 heavy (non-hydrogen) atoms. The Morgan fingerprint density at radius 1 is 1.40 bits per heavy atom. The molecule has 0 unspecified atom stereocenters. The molecule has 0 radical (unpaired) electrons. The molecule has 6 nitrogen and oxygen atoms in total. The number of carboxylic acid groups (broad SMARTS) is 1. The largest absolute Gasteiger partial charge is 0.504 e. The number of hydrogen-bond acceptors (Lipinski definition) is 5. The van der Waals surface area contributed by atoms with Crippen LogP contribution in [0.2, 0.25) is 0 Å². The van der Waals surface area contributed by atoms with Crippen molar-refractivity contribution in [1.29, 1.82) is 0 Å². The van der Waals surface area contributed by atoms with E-state index in [2.05, 4.69) is 0 Å². The SMILES string of the molecule is CCOC1=C(O)c2cc(OCCC(=O)O)ccc2OC1. The molecule has 0 saturated carbocycles. The Morgan fingerprint density at radius 2 is 2.20 bits per heavy atom. The van der Waals surface area contributed by atoms with Crippen molar-refractivity contribution in [1.82, 2.24) is 0 Å². The first-order valence-electron chi connectivity index (χ1n) is 6.28. The number of benzene rings is 1. The predicted octanol–water partition coefficient (Wildman–Crippen LogP) is 2.20. The third kappa shape index (κ3) is 3.14. The minimum absolute atomic E-state index is 0.0248. The zero-order valence-corrected chi connectivity index (χ0v) is 11.1. The van der Waals surface area contributed by atoms with E-state index in [9.17, 15) is 9.90 Å². The Balaban J connectivity index is 2.16. The van der Waals surface area contributed by atoms with Gasteiger partial charge in [0, 0.05) is 0 Å². The van der Waals surface area contributed by atoms with E-state index in [1.54, 1.807) is 18.2 Å². The lowest BCUT2D eigenvalue weighted by atomic mass is 10.1. The van der Waals surface area contributed by atoms with Crippen LogP contribution in [-0.4, -0.2) is 36.0 Å². The summed E-state index contributed by atoms with van der Waals surface area (Å²) in [6.07, 6.45) is -0.0837. The highest BCUT2D eigenvalue weighted by Gasteiger charge is 2.21. The van der Waals surface area contributed by atoms with Gasteiger partial charge in [0.15, 0.2) is 11.5 Å². The van der Waals surface area contributed by atoms with E-state index in [1.807, 2.05) is 6.92 Å². The first-order chi connectivity index (χ1) is 9.61. The molecule has 0 atom stereocenters.